The molecule has 1 saturated heterocycles. The quantitative estimate of drug-likeness (QED) is 0.780. The predicted octanol–water partition coefficient (Wildman–Crippen LogP) is 0.440. The zero-order valence-electron chi connectivity index (χ0n) is 9.81. The van der Waals surface area contributed by atoms with Crippen LogP contribution in [0.5, 0.6) is 0 Å². The maximum Gasteiger partial charge on any atom is 0.244 e. The summed E-state index contributed by atoms with van der Waals surface area (Å²) in [6, 6.07) is 0.326. The predicted molar refractivity (Wildman–Crippen MR) is 61.2 cm³/mol. The summed E-state index contributed by atoms with van der Waals surface area (Å²) in [5.74, 6) is 1.53. The zero-order chi connectivity index (χ0) is 11.5. The van der Waals surface area contributed by atoms with Gasteiger partial charge in [0.1, 0.15) is 6.10 Å². The number of aromatic nitrogens is 3. The molecule has 3 N–H and O–H groups in total. The second-order valence-corrected chi connectivity index (χ2v) is 4.22. The third kappa shape index (κ3) is 2.33. The Bertz CT molecular complexity index is 332. The standard InChI is InChI=1S/C10H19N5O/c1-7(16-2)9-12-10(14-13-9)15-5-3-8(11)4-6-15/h7-8H,3-6,11H2,1-2H3,(H,12,13,14). The van der Waals surface area contributed by atoms with Crippen molar-refractivity contribution in [1.82, 2.24) is 15.2 Å². The summed E-state index contributed by atoms with van der Waals surface area (Å²) >= 11 is 0. The first-order chi connectivity index (χ1) is 7.70. The number of rotatable bonds is 3. The van der Waals surface area contributed by atoms with E-state index < -0.39 is 0 Å². The van der Waals surface area contributed by atoms with Crippen molar-refractivity contribution in [3.63, 3.8) is 0 Å². The van der Waals surface area contributed by atoms with Crippen molar-refractivity contribution in [2.24, 2.45) is 5.73 Å². The topological polar surface area (TPSA) is 80.1 Å². The van der Waals surface area contributed by atoms with Gasteiger partial charge in [0, 0.05) is 26.2 Å². The van der Waals surface area contributed by atoms with E-state index >= 15 is 0 Å². The molecule has 0 bridgehead atoms. The molecule has 0 amide bonds. The number of nitrogens with zero attached hydrogens (tertiary/aromatic N) is 3. The van der Waals surface area contributed by atoms with Crippen LogP contribution < -0.4 is 10.6 Å². The lowest BCUT2D eigenvalue weighted by Gasteiger charge is -2.28. The molecule has 2 heterocycles. The number of methoxy groups -OCH3 is 1. The van der Waals surface area contributed by atoms with Gasteiger partial charge in [-0.15, -0.1) is 5.10 Å². The number of ether oxygens (including phenoxy) is 1. The van der Waals surface area contributed by atoms with Crippen LogP contribution in [0.4, 0.5) is 5.95 Å². The first kappa shape index (κ1) is 11.3. The van der Waals surface area contributed by atoms with Crippen LogP contribution >= 0.6 is 0 Å². The van der Waals surface area contributed by atoms with Gasteiger partial charge in [-0.05, 0) is 19.8 Å². The second-order valence-electron chi connectivity index (χ2n) is 4.22. The van der Waals surface area contributed by atoms with Crippen molar-refractivity contribution in [3.8, 4) is 0 Å². The number of H-pyrrole nitrogens is 1. The Morgan fingerprint density at radius 2 is 2.19 bits per heavy atom. The lowest BCUT2D eigenvalue weighted by molar-refractivity contribution is 0.112. The van der Waals surface area contributed by atoms with Crippen molar-refractivity contribution in [1.29, 1.82) is 0 Å². The summed E-state index contributed by atoms with van der Waals surface area (Å²) in [4.78, 5) is 6.58. The first-order valence-electron chi connectivity index (χ1n) is 5.66. The van der Waals surface area contributed by atoms with Gasteiger partial charge in [-0.1, -0.05) is 0 Å². The highest BCUT2D eigenvalue weighted by molar-refractivity contribution is 5.29. The SMILES string of the molecule is COC(C)c1nc(N2CCC(N)CC2)n[nH]1. The van der Waals surface area contributed by atoms with E-state index in [2.05, 4.69) is 20.1 Å². The van der Waals surface area contributed by atoms with Crippen LogP contribution in [0.2, 0.25) is 0 Å². The van der Waals surface area contributed by atoms with Gasteiger partial charge in [0.15, 0.2) is 5.82 Å². The molecule has 1 fully saturated rings. The van der Waals surface area contributed by atoms with Crippen molar-refractivity contribution in [2.75, 3.05) is 25.1 Å². The van der Waals surface area contributed by atoms with Crippen LogP contribution in [0.1, 0.15) is 31.7 Å². The summed E-state index contributed by atoms with van der Waals surface area (Å²) in [5.41, 5.74) is 5.85. The van der Waals surface area contributed by atoms with Crippen LogP contribution in [0.25, 0.3) is 0 Å². The number of hydrogen-bond donors (Lipinski definition) is 2. The minimum absolute atomic E-state index is 0.0479. The van der Waals surface area contributed by atoms with Crippen molar-refractivity contribution < 1.29 is 4.74 Å². The van der Waals surface area contributed by atoms with E-state index in [1.165, 1.54) is 0 Å². The fourth-order valence-corrected chi connectivity index (χ4v) is 1.80. The number of nitrogens with one attached hydrogen (secondary N) is 1. The molecule has 1 unspecified atom stereocenters. The smallest absolute Gasteiger partial charge is 0.244 e. The molecule has 2 rings (SSSR count). The van der Waals surface area contributed by atoms with Gasteiger partial charge < -0.3 is 15.4 Å². The van der Waals surface area contributed by atoms with E-state index in [0.29, 0.717) is 6.04 Å². The Morgan fingerprint density at radius 3 is 2.81 bits per heavy atom. The number of aromatic amines is 1. The Kier molecular flexibility index (Phi) is 3.40. The van der Waals surface area contributed by atoms with Crippen LogP contribution in [-0.4, -0.2) is 41.4 Å². The molecule has 1 aromatic rings. The van der Waals surface area contributed by atoms with E-state index in [4.69, 9.17) is 10.5 Å². The summed E-state index contributed by atoms with van der Waals surface area (Å²) in [6.07, 6.45) is 1.96. The molecule has 1 atom stereocenters. The summed E-state index contributed by atoms with van der Waals surface area (Å²) in [6.45, 7) is 3.80. The summed E-state index contributed by atoms with van der Waals surface area (Å²) < 4.78 is 5.18. The van der Waals surface area contributed by atoms with Gasteiger partial charge >= 0.3 is 0 Å². The van der Waals surface area contributed by atoms with Gasteiger partial charge in [0.05, 0.1) is 0 Å². The molecule has 0 aliphatic carbocycles. The summed E-state index contributed by atoms with van der Waals surface area (Å²) in [5, 5.41) is 7.11. The largest absolute Gasteiger partial charge is 0.374 e. The molecule has 0 radical (unpaired) electrons. The monoisotopic (exact) mass is 225 g/mol. The maximum absolute atomic E-state index is 5.85. The molecule has 1 aromatic heterocycles. The molecular formula is C10H19N5O. The Labute approximate surface area is 95.2 Å². The molecule has 6 nitrogen and oxygen atoms in total. The minimum atomic E-state index is -0.0479. The first-order valence-corrected chi connectivity index (χ1v) is 5.66. The highest BCUT2D eigenvalue weighted by Gasteiger charge is 2.20. The lowest BCUT2D eigenvalue weighted by atomic mass is 10.1. The minimum Gasteiger partial charge on any atom is -0.374 e. The number of hydrogen-bond acceptors (Lipinski definition) is 5. The highest BCUT2D eigenvalue weighted by Crippen LogP contribution is 2.17. The average Bonchev–Trinajstić information content (AvgIpc) is 2.78. The highest BCUT2D eigenvalue weighted by atomic mass is 16.5. The maximum atomic E-state index is 5.85. The Hall–Kier alpha value is -1.14. The number of nitrogens with two attached hydrogens (primary N) is 1. The number of piperidine rings is 1. The van der Waals surface area contributed by atoms with Gasteiger partial charge in [-0.25, -0.2) is 0 Å². The molecular weight excluding hydrogens is 206 g/mol. The lowest BCUT2D eigenvalue weighted by Crippen LogP contribution is -2.40. The van der Waals surface area contributed by atoms with Crippen LogP contribution in [0.3, 0.4) is 0 Å². The Balaban J connectivity index is 2.01. The third-order valence-corrected chi connectivity index (χ3v) is 3.05. The van der Waals surface area contributed by atoms with Crippen LogP contribution in [0, 0.1) is 0 Å². The Morgan fingerprint density at radius 1 is 1.50 bits per heavy atom. The third-order valence-electron chi connectivity index (χ3n) is 3.05. The van der Waals surface area contributed by atoms with Crippen molar-refractivity contribution >= 4 is 5.95 Å². The van der Waals surface area contributed by atoms with E-state index in [1.54, 1.807) is 7.11 Å². The fraction of sp³-hybridized carbons (Fsp3) is 0.800. The normalized spacial score (nSPS) is 20.1. The fourth-order valence-electron chi connectivity index (χ4n) is 1.80. The van der Waals surface area contributed by atoms with Gasteiger partial charge in [-0.2, -0.15) is 4.98 Å². The molecule has 0 saturated carbocycles. The van der Waals surface area contributed by atoms with E-state index in [1.807, 2.05) is 6.92 Å². The van der Waals surface area contributed by atoms with E-state index in [0.717, 1.165) is 37.7 Å². The molecule has 16 heavy (non-hydrogen) atoms. The van der Waals surface area contributed by atoms with Crippen molar-refractivity contribution in [3.05, 3.63) is 5.82 Å². The summed E-state index contributed by atoms with van der Waals surface area (Å²) in [7, 11) is 1.66. The molecule has 1 aliphatic heterocycles. The molecule has 90 valence electrons. The van der Waals surface area contributed by atoms with E-state index in [9.17, 15) is 0 Å². The van der Waals surface area contributed by atoms with Crippen LogP contribution in [-0.2, 0) is 4.74 Å². The molecule has 0 aromatic carbocycles. The average molecular weight is 225 g/mol. The van der Waals surface area contributed by atoms with Gasteiger partial charge in [-0.3, -0.25) is 5.10 Å². The molecule has 6 heteroatoms. The van der Waals surface area contributed by atoms with Gasteiger partial charge in [0.25, 0.3) is 0 Å². The van der Waals surface area contributed by atoms with Crippen molar-refractivity contribution in [2.45, 2.75) is 31.9 Å². The zero-order valence-corrected chi connectivity index (χ0v) is 9.81. The molecule has 0 spiro atoms. The number of anilines is 1. The van der Waals surface area contributed by atoms with Crippen LogP contribution in [0.15, 0.2) is 0 Å². The molecule has 1 aliphatic rings. The van der Waals surface area contributed by atoms with E-state index in [-0.39, 0.29) is 6.10 Å². The van der Waals surface area contributed by atoms with Gasteiger partial charge in [0.2, 0.25) is 5.95 Å². The second kappa shape index (κ2) is 4.80.